The van der Waals surface area contributed by atoms with E-state index < -0.39 is 0 Å². The van der Waals surface area contributed by atoms with Crippen LogP contribution in [0.3, 0.4) is 0 Å². The predicted molar refractivity (Wildman–Crippen MR) is 76.7 cm³/mol. The summed E-state index contributed by atoms with van der Waals surface area (Å²) < 4.78 is 10.6. The van der Waals surface area contributed by atoms with Crippen molar-refractivity contribution in [1.29, 1.82) is 0 Å². The number of benzene rings is 1. The highest BCUT2D eigenvalue weighted by Crippen LogP contribution is 2.35. The van der Waals surface area contributed by atoms with Crippen LogP contribution in [0.4, 0.5) is 5.69 Å². The summed E-state index contributed by atoms with van der Waals surface area (Å²) in [5, 5.41) is 3.05. The Hall–Kier alpha value is -1.75. The predicted octanol–water partition coefficient (Wildman–Crippen LogP) is 1.99. The van der Waals surface area contributed by atoms with Crippen LogP contribution in [0.15, 0.2) is 29.3 Å². The zero-order valence-electron chi connectivity index (χ0n) is 11.5. The van der Waals surface area contributed by atoms with Gasteiger partial charge >= 0.3 is 0 Å². The number of methoxy groups -OCH3 is 2. The molecule has 1 aromatic carbocycles. The third-order valence-electron chi connectivity index (χ3n) is 3.60. The van der Waals surface area contributed by atoms with Crippen molar-refractivity contribution in [3.63, 3.8) is 0 Å². The lowest BCUT2D eigenvalue weighted by molar-refractivity contribution is -0.0629. The Bertz CT molecular complexity index is 433. The van der Waals surface area contributed by atoms with Gasteiger partial charge in [-0.25, -0.2) is 0 Å². The molecule has 0 unspecified atom stereocenters. The number of anilines is 1. The molecule has 0 spiro atoms. The van der Waals surface area contributed by atoms with Crippen LogP contribution in [0.2, 0.25) is 0 Å². The van der Waals surface area contributed by atoms with Crippen molar-refractivity contribution in [1.82, 2.24) is 0 Å². The van der Waals surface area contributed by atoms with Crippen LogP contribution in [0.1, 0.15) is 19.3 Å². The Kier molecular flexibility index (Phi) is 4.27. The molecule has 104 valence electrons. The number of hydrogen-bond donors (Lipinski definition) is 2. The Labute approximate surface area is 113 Å². The van der Waals surface area contributed by atoms with Crippen LogP contribution < -0.4 is 15.8 Å². The highest BCUT2D eigenvalue weighted by atomic mass is 16.5. The Morgan fingerprint density at radius 2 is 2.00 bits per heavy atom. The van der Waals surface area contributed by atoms with Crippen LogP contribution in [0.25, 0.3) is 0 Å². The number of rotatable bonds is 5. The Morgan fingerprint density at radius 1 is 1.32 bits per heavy atom. The number of nitrogens with zero attached hydrogens (tertiary/aromatic N) is 1. The monoisotopic (exact) mass is 263 g/mol. The maximum Gasteiger partial charge on any atom is 0.193 e. The fourth-order valence-corrected chi connectivity index (χ4v) is 2.09. The summed E-state index contributed by atoms with van der Waals surface area (Å²) in [5.41, 5.74) is 6.67. The second-order valence-electron chi connectivity index (χ2n) is 4.80. The molecule has 2 rings (SSSR count). The van der Waals surface area contributed by atoms with Gasteiger partial charge in [-0.2, -0.15) is 0 Å². The van der Waals surface area contributed by atoms with Crippen LogP contribution in [0, 0.1) is 0 Å². The van der Waals surface area contributed by atoms with Crippen molar-refractivity contribution >= 4 is 11.6 Å². The van der Waals surface area contributed by atoms with Gasteiger partial charge in [-0.05, 0) is 43.5 Å². The number of ether oxygens (including phenoxy) is 2. The fourth-order valence-electron chi connectivity index (χ4n) is 2.09. The molecule has 0 amide bonds. The van der Waals surface area contributed by atoms with Gasteiger partial charge in [0.05, 0.1) is 19.3 Å². The van der Waals surface area contributed by atoms with E-state index in [1.54, 1.807) is 14.2 Å². The second kappa shape index (κ2) is 5.93. The van der Waals surface area contributed by atoms with E-state index in [-0.39, 0.29) is 5.60 Å². The third kappa shape index (κ3) is 3.38. The maximum absolute atomic E-state index is 5.87. The van der Waals surface area contributed by atoms with Crippen LogP contribution >= 0.6 is 0 Å². The van der Waals surface area contributed by atoms with Gasteiger partial charge in [0, 0.05) is 12.8 Å². The molecule has 5 heteroatoms. The molecule has 0 aliphatic heterocycles. The molecule has 1 aliphatic rings. The summed E-state index contributed by atoms with van der Waals surface area (Å²) in [4.78, 5) is 4.35. The van der Waals surface area contributed by atoms with E-state index in [1.165, 1.54) is 6.42 Å². The smallest absolute Gasteiger partial charge is 0.193 e. The zero-order valence-corrected chi connectivity index (χ0v) is 11.5. The third-order valence-corrected chi connectivity index (χ3v) is 3.60. The van der Waals surface area contributed by atoms with Gasteiger partial charge in [0.25, 0.3) is 0 Å². The summed E-state index contributed by atoms with van der Waals surface area (Å²) in [6, 6.07) is 7.55. The van der Waals surface area contributed by atoms with Crippen molar-refractivity contribution in [3.8, 4) is 5.75 Å². The highest BCUT2D eigenvalue weighted by molar-refractivity contribution is 5.92. The Morgan fingerprint density at radius 3 is 2.47 bits per heavy atom. The van der Waals surface area contributed by atoms with Crippen molar-refractivity contribution in [2.45, 2.75) is 24.9 Å². The molecule has 3 N–H and O–H groups in total. The zero-order chi connectivity index (χ0) is 13.7. The van der Waals surface area contributed by atoms with E-state index in [0.29, 0.717) is 12.5 Å². The van der Waals surface area contributed by atoms with Gasteiger partial charge in [0.2, 0.25) is 0 Å². The lowest BCUT2D eigenvalue weighted by Crippen LogP contribution is -2.43. The van der Waals surface area contributed by atoms with Crippen molar-refractivity contribution in [2.75, 3.05) is 26.1 Å². The topological polar surface area (TPSA) is 68.9 Å². The maximum atomic E-state index is 5.87. The summed E-state index contributed by atoms with van der Waals surface area (Å²) in [7, 11) is 3.38. The molecule has 0 atom stereocenters. The highest BCUT2D eigenvalue weighted by Gasteiger charge is 2.36. The van der Waals surface area contributed by atoms with Crippen LogP contribution in [-0.2, 0) is 4.74 Å². The molecule has 0 saturated heterocycles. The van der Waals surface area contributed by atoms with Crippen LogP contribution in [-0.4, -0.2) is 32.3 Å². The lowest BCUT2D eigenvalue weighted by atomic mass is 9.80. The summed E-state index contributed by atoms with van der Waals surface area (Å²) in [6.07, 6.45) is 3.32. The number of nitrogens with one attached hydrogen (secondary N) is 1. The van der Waals surface area contributed by atoms with Gasteiger partial charge < -0.3 is 20.5 Å². The molecule has 0 heterocycles. The fraction of sp³-hybridized carbons (Fsp3) is 0.500. The first kappa shape index (κ1) is 13.7. The number of guanidine groups is 1. The minimum absolute atomic E-state index is 0.0911. The molecular formula is C14H21N3O2. The van der Waals surface area contributed by atoms with E-state index in [0.717, 1.165) is 24.3 Å². The average Bonchev–Trinajstić information content (AvgIpc) is 2.39. The molecule has 0 aromatic heterocycles. The summed E-state index contributed by atoms with van der Waals surface area (Å²) in [5.74, 6) is 1.22. The molecular weight excluding hydrogens is 242 g/mol. The average molecular weight is 263 g/mol. The standard InChI is InChI=1S/C14H21N3O2/c1-18-12-6-4-11(5-7-12)17-13(15)16-10-14(19-2)8-3-9-14/h4-7H,3,8-10H2,1-2H3,(H3,15,16,17). The minimum atomic E-state index is -0.0911. The van der Waals surface area contributed by atoms with Crippen molar-refractivity contribution < 1.29 is 9.47 Å². The van der Waals surface area contributed by atoms with E-state index in [2.05, 4.69) is 10.3 Å². The molecule has 5 nitrogen and oxygen atoms in total. The first-order chi connectivity index (χ1) is 9.17. The number of aliphatic imine (C=N–C) groups is 1. The molecule has 0 radical (unpaired) electrons. The quantitative estimate of drug-likeness (QED) is 0.629. The normalized spacial score (nSPS) is 17.7. The molecule has 1 aliphatic carbocycles. The van der Waals surface area contributed by atoms with E-state index in [9.17, 15) is 0 Å². The lowest BCUT2D eigenvalue weighted by Gasteiger charge is -2.39. The van der Waals surface area contributed by atoms with Crippen molar-refractivity contribution in [3.05, 3.63) is 24.3 Å². The second-order valence-corrected chi connectivity index (χ2v) is 4.80. The van der Waals surface area contributed by atoms with Gasteiger partial charge in [-0.1, -0.05) is 0 Å². The van der Waals surface area contributed by atoms with E-state index >= 15 is 0 Å². The SMILES string of the molecule is COc1ccc(NC(N)=NCC2(OC)CCC2)cc1. The van der Waals surface area contributed by atoms with Gasteiger partial charge in [0.1, 0.15) is 5.75 Å². The summed E-state index contributed by atoms with van der Waals surface area (Å²) in [6.45, 7) is 0.610. The van der Waals surface area contributed by atoms with E-state index in [4.69, 9.17) is 15.2 Å². The van der Waals surface area contributed by atoms with E-state index in [1.807, 2.05) is 24.3 Å². The first-order valence-electron chi connectivity index (χ1n) is 6.44. The summed E-state index contributed by atoms with van der Waals surface area (Å²) >= 11 is 0. The minimum Gasteiger partial charge on any atom is -0.497 e. The van der Waals surface area contributed by atoms with Gasteiger partial charge in [-0.15, -0.1) is 0 Å². The molecule has 19 heavy (non-hydrogen) atoms. The Balaban J connectivity index is 1.90. The largest absolute Gasteiger partial charge is 0.497 e. The number of hydrogen-bond acceptors (Lipinski definition) is 3. The molecule has 1 aromatic rings. The molecule has 1 saturated carbocycles. The first-order valence-corrected chi connectivity index (χ1v) is 6.44. The van der Waals surface area contributed by atoms with Gasteiger partial charge in [-0.3, -0.25) is 4.99 Å². The van der Waals surface area contributed by atoms with Crippen molar-refractivity contribution in [2.24, 2.45) is 10.7 Å². The molecule has 0 bridgehead atoms. The van der Waals surface area contributed by atoms with Crippen LogP contribution in [0.5, 0.6) is 5.75 Å². The molecule has 1 fully saturated rings. The number of nitrogens with two attached hydrogens (primary N) is 1. The van der Waals surface area contributed by atoms with Gasteiger partial charge in [0.15, 0.2) is 5.96 Å².